The number of benzene rings is 2. The number of aromatic nitrogens is 5. The van der Waals surface area contributed by atoms with Crippen LogP contribution >= 0.6 is 11.6 Å². The van der Waals surface area contributed by atoms with Crippen LogP contribution in [0.3, 0.4) is 0 Å². The Kier molecular flexibility index (Phi) is 4.79. The molecule has 0 bridgehead atoms. The third kappa shape index (κ3) is 3.36. The van der Waals surface area contributed by atoms with Crippen LogP contribution in [0.25, 0.3) is 10.9 Å². The van der Waals surface area contributed by atoms with Crippen molar-refractivity contribution in [3.05, 3.63) is 71.1 Å². The first-order chi connectivity index (χ1) is 13.8. The van der Waals surface area contributed by atoms with Gasteiger partial charge in [0.25, 0.3) is 0 Å². The molecule has 10 heteroatoms. The van der Waals surface area contributed by atoms with E-state index < -0.39 is 15.6 Å². The largest absolute Gasteiger partial charge is 0.330 e. The number of tetrazole rings is 1. The summed E-state index contributed by atoms with van der Waals surface area (Å²) in [5, 5.41) is 16.3. The molecule has 0 aliphatic rings. The van der Waals surface area contributed by atoms with E-state index in [1.54, 1.807) is 6.07 Å². The van der Waals surface area contributed by atoms with Gasteiger partial charge in [-0.1, -0.05) is 41.9 Å². The quantitative estimate of drug-likeness (QED) is 0.487. The first kappa shape index (κ1) is 19.4. The lowest BCUT2D eigenvalue weighted by Gasteiger charge is -2.33. The summed E-state index contributed by atoms with van der Waals surface area (Å²) < 4.78 is 28.2. The zero-order valence-electron chi connectivity index (χ0n) is 15.8. The minimum atomic E-state index is -3.41. The van der Waals surface area contributed by atoms with E-state index in [1.165, 1.54) is 0 Å². The highest BCUT2D eigenvalue weighted by Gasteiger charge is 2.39. The van der Waals surface area contributed by atoms with Gasteiger partial charge in [-0.3, -0.25) is 4.72 Å². The summed E-state index contributed by atoms with van der Waals surface area (Å²) in [5.41, 5.74) is 1.52. The highest BCUT2D eigenvalue weighted by atomic mass is 35.5. The summed E-state index contributed by atoms with van der Waals surface area (Å²) >= 11 is 6.11. The fourth-order valence-corrected chi connectivity index (χ4v) is 4.46. The highest BCUT2D eigenvalue weighted by molar-refractivity contribution is 7.92. The van der Waals surface area contributed by atoms with Gasteiger partial charge in [-0.05, 0) is 42.3 Å². The molecule has 0 saturated carbocycles. The first-order valence-corrected chi connectivity index (χ1v) is 11.2. The van der Waals surface area contributed by atoms with Gasteiger partial charge in [0.2, 0.25) is 15.8 Å². The monoisotopic (exact) mass is 430 g/mol. The Balaban J connectivity index is 2.01. The average Bonchev–Trinajstić information content (AvgIpc) is 3.35. The number of aromatic amines is 1. The third-order valence-corrected chi connectivity index (χ3v) is 5.83. The standard InChI is InChI=1S/C19H19ClN6O2S/c1-3-19(18-21-24-25-22-18,13-7-9-14(20)10-8-13)26-12-11-15-16(23-29(2,27)28)5-4-6-17(15)26/h4-12,23H,3H2,1-2H3,(H,21,22,24,25). The molecule has 8 nitrogen and oxygen atoms in total. The Morgan fingerprint density at radius 3 is 2.55 bits per heavy atom. The highest BCUT2D eigenvalue weighted by Crippen LogP contribution is 2.39. The smallest absolute Gasteiger partial charge is 0.229 e. The van der Waals surface area contributed by atoms with Crippen LogP contribution in [0.15, 0.2) is 54.7 Å². The second kappa shape index (κ2) is 7.16. The van der Waals surface area contributed by atoms with Gasteiger partial charge in [-0.15, -0.1) is 10.2 Å². The van der Waals surface area contributed by atoms with Crippen molar-refractivity contribution in [3.8, 4) is 0 Å². The van der Waals surface area contributed by atoms with E-state index in [4.69, 9.17) is 11.6 Å². The molecule has 0 aliphatic carbocycles. The molecule has 0 spiro atoms. The molecule has 2 N–H and O–H groups in total. The maximum atomic E-state index is 11.8. The summed E-state index contributed by atoms with van der Waals surface area (Å²) in [6.45, 7) is 2.04. The van der Waals surface area contributed by atoms with Crippen molar-refractivity contribution < 1.29 is 8.42 Å². The van der Waals surface area contributed by atoms with Crippen LogP contribution in [0, 0.1) is 0 Å². The number of fused-ring (bicyclic) bond motifs is 1. The number of halogens is 1. The summed E-state index contributed by atoms with van der Waals surface area (Å²) in [6, 6.07) is 14.9. The van der Waals surface area contributed by atoms with Gasteiger partial charge in [0.05, 0.1) is 17.5 Å². The van der Waals surface area contributed by atoms with Gasteiger partial charge in [0.1, 0.15) is 5.54 Å². The van der Waals surface area contributed by atoms with Crippen molar-refractivity contribution in [2.24, 2.45) is 0 Å². The predicted octanol–water partition coefficient (Wildman–Crippen LogP) is 3.38. The lowest BCUT2D eigenvalue weighted by Crippen LogP contribution is -2.36. The van der Waals surface area contributed by atoms with Crippen LogP contribution in [0.5, 0.6) is 0 Å². The Bertz CT molecular complexity index is 1250. The topological polar surface area (TPSA) is 106 Å². The van der Waals surface area contributed by atoms with Gasteiger partial charge in [0.15, 0.2) is 0 Å². The second-order valence-corrected chi connectivity index (χ2v) is 8.94. The van der Waals surface area contributed by atoms with E-state index in [0.29, 0.717) is 23.0 Å². The van der Waals surface area contributed by atoms with Crippen molar-refractivity contribution in [3.63, 3.8) is 0 Å². The fraction of sp³-hybridized carbons (Fsp3) is 0.211. The predicted molar refractivity (Wildman–Crippen MR) is 113 cm³/mol. The van der Waals surface area contributed by atoms with Crippen LogP contribution in [0.4, 0.5) is 5.69 Å². The molecule has 0 amide bonds. The Morgan fingerprint density at radius 1 is 1.17 bits per heavy atom. The summed E-state index contributed by atoms with van der Waals surface area (Å²) in [6.07, 6.45) is 3.67. The number of H-pyrrole nitrogens is 1. The lowest BCUT2D eigenvalue weighted by atomic mass is 9.85. The van der Waals surface area contributed by atoms with Crippen LogP contribution in [-0.2, 0) is 15.6 Å². The molecule has 29 heavy (non-hydrogen) atoms. The van der Waals surface area contributed by atoms with E-state index in [0.717, 1.165) is 22.7 Å². The Morgan fingerprint density at radius 2 is 1.93 bits per heavy atom. The van der Waals surface area contributed by atoms with Crippen LogP contribution in [0.1, 0.15) is 24.7 Å². The van der Waals surface area contributed by atoms with Crippen molar-refractivity contribution in [1.29, 1.82) is 0 Å². The van der Waals surface area contributed by atoms with E-state index in [2.05, 4.69) is 25.3 Å². The Hall–Kier alpha value is -2.91. The minimum absolute atomic E-state index is 0.501. The van der Waals surface area contributed by atoms with Gasteiger partial charge >= 0.3 is 0 Å². The van der Waals surface area contributed by atoms with Gasteiger partial charge in [-0.25, -0.2) is 8.42 Å². The van der Waals surface area contributed by atoms with Crippen LogP contribution < -0.4 is 4.72 Å². The molecule has 2 aromatic heterocycles. The maximum absolute atomic E-state index is 11.8. The molecule has 0 radical (unpaired) electrons. The molecule has 2 aromatic carbocycles. The molecule has 4 aromatic rings. The minimum Gasteiger partial charge on any atom is -0.330 e. The molecular formula is C19H19ClN6O2S. The number of anilines is 1. The fourth-order valence-electron chi connectivity index (χ4n) is 3.76. The van der Waals surface area contributed by atoms with E-state index in [9.17, 15) is 8.42 Å². The van der Waals surface area contributed by atoms with Crippen molar-refractivity contribution in [2.75, 3.05) is 11.0 Å². The summed E-state index contributed by atoms with van der Waals surface area (Å²) in [4.78, 5) is 0. The SMILES string of the molecule is CCC(c1ccc(Cl)cc1)(c1nn[nH]n1)n1ccc2c(NS(C)(=O)=O)cccc21. The lowest BCUT2D eigenvalue weighted by molar-refractivity contribution is 0.403. The van der Waals surface area contributed by atoms with E-state index in [1.807, 2.05) is 60.2 Å². The summed E-state index contributed by atoms with van der Waals surface area (Å²) in [7, 11) is -3.41. The molecule has 0 aliphatic heterocycles. The third-order valence-electron chi connectivity index (χ3n) is 4.99. The van der Waals surface area contributed by atoms with Crippen molar-refractivity contribution >= 4 is 38.2 Å². The summed E-state index contributed by atoms with van der Waals surface area (Å²) in [5.74, 6) is 0.501. The van der Waals surface area contributed by atoms with Gasteiger partial charge in [-0.2, -0.15) is 5.21 Å². The second-order valence-electron chi connectivity index (χ2n) is 6.75. The van der Waals surface area contributed by atoms with Gasteiger partial charge < -0.3 is 4.57 Å². The number of nitrogens with one attached hydrogen (secondary N) is 2. The number of hydrogen-bond donors (Lipinski definition) is 2. The number of hydrogen-bond acceptors (Lipinski definition) is 5. The molecular weight excluding hydrogens is 412 g/mol. The van der Waals surface area contributed by atoms with Crippen molar-refractivity contribution in [1.82, 2.24) is 25.2 Å². The molecule has 150 valence electrons. The molecule has 1 atom stereocenters. The van der Waals surface area contributed by atoms with Crippen LogP contribution in [0.2, 0.25) is 5.02 Å². The van der Waals surface area contributed by atoms with Crippen LogP contribution in [-0.4, -0.2) is 39.9 Å². The zero-order valence-corrected chi connectivity index (χ0v) is 17.4. The number of nitrogens with zero attached hydrogens (tertiary/aromatic N) is 4. The zero-order chi connectivity index (χ0) is 20.6. The number of sulfonamides is 1. The normalized spacial score (nSPS) is 14.0. The van der Waals surface area contributed by atoms with Gasteiger partial charge in [0, 0.05) is 16.6 Å². The first-order valence-electron chi connectivity index (χ1n) is 8.93. The molecule has 2 heterocycles. The molecule has 0 fully saturated rings. The maximum Gasteiger partial charge on any atom is 0.229 e. The number of rotatable bonds is 6. The van der Waals surface area contributed by atoms with E-state index >= 15 is 0 Å². The molecule has 4 rings (SSSR count). The molecule has 1 unspecified atom stereocenters. The molecule has 0 saturated heterocycles. The van der Waals surface area contributed by atoms with E-state index in [-0.39, 0.29) is 0 Å². The Labute approximate surface area is 172 Å². The average molecular weight is 431 g/mol. The van der Waals surface area contributed by atoms with Crippen molar-refractivity contribution in [2.45, 2.75) is 18.9 Å².